The fourth-order valence-electron chi connectivity index (χ4n) is 4.55. The average molecular weight is 397 g/mol. The van der Waals surface area contributed by atoms with Crippen molar-refractivity contribution in [2.45, 2.75) is 76.9 Å². The zero-order chi connectivity index (χ0) is 19.9. The first-order valence-electron chi connectivity index (χ1n) is 10.9. The van der Waals surface area contributed by atoms with Gasteiger partial charge in [-0.25, -0.2) is 4.39 Å². The van der Waals surface area contributed by atoms with E-state index in [-0.39, 0.29) is 18.0 Å². The minimum absolute atomic E-state index is 0.0661. The Kier molecular flexibility index (Phi) is 8.10. The summed E-state index contributed by atoms with van der Waals surface area (Å²) in [5.74, 6) is -0.423. The largest absolute Gasteiger partial charge is 0.494 e. The van der Waals surface area contributed by atoms with Crippen LogP contribution in [0, 0.1) is 23.5 Å². The van der Waals surface area contributed by atoms with Gasteiger partial charge in [0.2, 0.25) is 5.82 Å². The maximum atomic E-state index is 14.3. The number of unbranched alkanes of at least 4 members (excludes halogenated alkanes) is 1. The van der Waals surface area contributed by atoms with Gasteiger partial charge in [-0.2, -0.15) is 4.39 Å². The van der Waals surface area contributed by atoms with Crippen molar-refractivity contribution in [1.82, 2.24) is 0 Å². The SMILES string of the molecule is CCCCC1CCC(COC2CCC(c3ccc(OC)c(F)c3F)CO2)CC1. The lowest BCUT2D eigenvalue weighted by molar-refractivity contribution is -0.175. The summed E-state index contributed by atoms with van der Waals surface area (Å²) in [5, 5.41) is 0. The van der Waals surface area contributed by atoms with Crippen LogP contribution in [-0.2, 0) is 9.47 Å². The van der Waals surface area contributed by atoms with E-state index in [1.807, 2.05) is 0 Å². The third kappa shape index (κ3) is 5.44. The number of ether oxygens (including phenoxy) is 3. The van der Waals surface area contributed by atoms with E-state index in [0.29, 0.717) is 24.5 Å². The maximum absolute atomic E-state index is 14.3. The molecule has 2 unspecified atom stereocenters. The summed E-state index contributed by atoms with van der Waals surface area (Å²) in [6.45, 7) is 3.37. The average Bonchev–Trinajstić information content (AvgIpc) is 2.74. The molecule has 0 N–H and O–H groups in total. The standard InChI is InChI=1S/C23H34F2O3/c1-3-4-5-16-6-8-17(9-7-16)14-27-21-13-10-18(15-28-21)19-11-12-20(26-2)23(25)22(19)24/h11-12,16-18,21H,3-10,13-15H2,1-2H3. The molecule has 2 atom stereocenters. The molecule has 1 saturated carbocycles. The zero-order valence-electron chi connectivity index (χ0n) is 17.2. The molecule has 158 valence electrons. The van der Waals surface area contributed by atoms with Crippen LogP contribution in [0.2, 0.25) is 0 Å². The van der Waals surface area contributed by atoms with Crippen LogP contribution in [0.15, 0.2) is 12.1 Å². The number of methoxy groups -OCH3 is 1. The summed E-state index contributed by atoms with van der Waals surface area (Å²) < 4.78 is 44.9. The zero-order valence-corrected chi connectivity index (χ0v) is 17.2. The molecule has 1 aromatic rings. The lowest BCUT2D eigenvalue weighted by Gasteiger charge is -2.32. The Morgan fingerprint density at radius 1 is 1.00 bits per heavy atom. The van der Waals surface area contributed by atoms with E-state index in [9.17, 15) is 8.78 Å². The third-order valence-corrected chi connectivity index (χ3v) is 6.42. The highest BCUT2D eigenvalue weighted by Gasteiger charge is 2.28. The van der Waals surface area contributed by atoms with Gasteiger partial charge in [-0.15, -0.1) is 0 Å². The van der Waals surface area contributed by atoms with Crippen LogP contribution in [0.5, 0.6) is 5.75 Å². The van der Waals surface area contributed by atoms with Gasteiger partial charge in [-0.3, -0.25) is 0 Å². The van der Waals surface area contributed by atoms with Gasteiger partial charge in [0.1, 0.15) is 0 Å². The molecule has 2 aliphatic rings. The molecule has 5 heteroatoms. The number of hydrogen-bond donors (Lipinski definition) is 0. The molecule has 1 aliphatic carbocycles. The predicted octanol–water partition coefficient (Wildman–Crippen LogP) is 6.21. The van der Waals surface area contributed by atoms with Gasteiger partial charge >= 0.3 is 0 Å². The van der Waals surface area contributed by atoms with Crippen LogP contribution < -0.4 is 4.74 Å². The molecule has 28 heavy (non-hydrogen) atoms. The van der Waals surface area contributed by atoms with Gasteiger partial charge in [0.05, 0.1) is 20.3 Å². The first-order chi connectivity index (χ1) is 13.6. The predicted molar refractivity (Wildman–Crippen MR) is 106 cm³/mol. The van der Waals surface area contributed by atoms with Gasteiger partial charge in [-0.1, -0.05) is 45.1 Å². The minimum atomic E-state index is -0.923. The molecule has 0 spiro atoms. The van der Waals surface area contributed by atoms with E-state index in [1.165, 1.54) is 58.1 Å². The van der Waals surface area contributed by atoms with Crippen LogP contribution in [0.1, 0.15) is 76.2 Å². The number of halogens is 2. The second kappa shape index (κ2) is 10.5. The minimum Gasteiger partial charge on any atom is -0.494 e. The Morgan fingerprint density at radius 2 is 1.75 bits per heavy atom. The molecule has 3 rings (SSSR count). The van der Waals surface area contributed by atoms with Gasteiger partial charge in [-0.05, 0) is 49.1 Å². The van der Waals surface area contributed by atoms with Crippen molar-refractivity contribution in [2.75, 3.05) is 20.3 Å². The lowest BCUT2D eigenvalue weighted by atomic mass is 9.80. The van der Waals surface area contributed by atoms with Crippen molar-refractivity contribution in [2.24, 2.45) is 11.8 Å². The summed E-state index contributed by atoms with van der Waals surface area (Å²) in [4.78, 5) is 0. The molecular formula is C23H34F2O3. The van der Waals surface area contributed by atoms with Crippen molar-refractivity contribution < 1.29 is 23.0 Å². The normalized spacial score (nSPS) is 28.3. The monoisotopic (exact) mass is 396 g/mol. The smallest absolute Gasteiger partial charge is 0.200 e. The van der Waals surface area contributed by atoms with Crippen LogP contribution in [0.3, 0.4) is 0 Å². The molecule has 0 bridgehead atoms. The maximum Gasteiger partial charge on any atom is 0.200 e. The first-order valence-corrected chi connectivity index (χ1v) is 10.9. The molecule has 3 nitrogen and oxygen atoms in total. The van der Waals surface area contributed by atoms with E-state index in [1.54, 1.807) is 6.07 Å². The van der Waals surface area contributed by atoms with Crippen LogP contribution >= 0.6 is 0 Å². The van der Waals surface area contributed by atoms with E-state index in [2.05, 4.69) is 6.92 Å². The molecule has 0 radical (unpaired) electrons. The number of benzene rings is 1. The van der Waals surface area contributed by atoms with Crippen molar-refractivity contribution in [3.05, 3.63) is 29.3 Å². The quantitative estimate of drug-likeness (QED) is 0.523. The molecule has 2 fully saturated rings. The fourth-order valence-corrected chi connectivity index (χ4v) is 4.55. The number of hydrogen-bond acceptors (Lipinski definition) is 3. The second-order valence-corrected chi connectivity index (χ2v) is 8.38. The summed E-state index contributed by atoms with van der Waals surface area (Å²) >= 11 is 0. The van der Waals surface area contributed by atoms with Crippen molar-refractivity contribution >= 4 is 0 Å². The highest BCUT2D eigenvalue weighted by Crippen LogP contribution is 2.35. The highest BCUT2D eigenvalue weighted by molar-refractivity contribution is 5.33. The lowest BCUT2D eigenvalue weighted by Crippen LogP contribution is -2.30. The van der Waals surface area contributed by atoms with Gasteiger partial charge in [0, 0.05) is 5.92 Å². The van der Waals surface area contributed by atoms with Crippen LogP contribution in [0.4, 0.5) is 8.78 Å². The van der Waals surface area contributed by atoms with Crippen molar-refractivity contribution in [3.63, 3.8) is 0 Å². The van der Waals surface area contributed by atoms with Crippen LogP contribution in [0.25, 0.3) is 0 Å². The van der Waals surface area contributed by atoms with E-state index < -0.39 is 11.6 Å². The molecule has 0 amide bonds. The summed E-state index contributed by atoms with van der Waals surface area (Å²) in [6.07, 6.45) is 10.4. The van der Waals surface area contributed by atoms with Crippen LogP contribution in [-0.4, -0.2) is 26.6 Å². The van der Waals surface area contributed by atoms with Crippen molar-refractivity contribution in [3.8, 4) is 5.75 Å². The molecule has 1 aliphatic heterocycles. The Balaban J connectivity index is 1.40. The van der Waals surface area contributed by atoms with E-state index in [0.717, 1.165) is 18.9 Å². The highest BCUT2D eigenvalue weighted by atomic mass is 19.2. The van der Waals surface area contributed by atoms with E-state index in [4.69, 9.17) is 14.2 Å². The molecule has 1 saturated heterocycles. The topological polar surface area (TPSA) is 27.7 Å². The third-order valence-electron chi connectivity index (χ3n) is 6.42. The van der Waals surface area contributed by atoms with Gasteiger partial charge in [0.25, 0.3) is 0 Å². The summed E-state index contributed by atoms with van der Waals surface area (Å²) in [5.41, 5.74) is 0.363. The molecule has 1 aromatic carbocycles. The first kappa shape index (κ1) is 21.5. The fraction of sp³-hybridized carbons (Fsp3) is 0.739. The molecule has 1 heterocycles. The van der Waals surface area contributed by atoms with E-state index >= 15 is 0 Å². The Hall–Kier alpha value is -1.20. The summed E-state index contributed by atoms with van der Waals surface area (Å²) in [7, 11) is 1.33. The Bertz CT molecular complexity index is 606. The Morgan fingerprint density at radius 3 is 2.39 bits per heavy atom. The van der Waals surface area contributed by atoms with Crippen molar-refractivity contribution in [1.29, 1.82) is 0 Å². The van der Waals surface area contributed by atoms with Gasteiger partial charge in [0.15, 0.2) is 17.9 Å². The number of rotatable bonds is 8. The second-order valence-electron chi connectivity index (χ2n) is 8.38. The Labute approximate surface area is 167 Å². The molecular weight excluding hydrogens is 362 g/mol. The van der Waals surface area contributed by atoms with Gasteiger partial charge < -0.3 is 14.2 Å². The summed E-state index contributed by atoms with van der Waals surface area (Å²) in [6, 6.07) is 3.08. The molecule has 0 aromatic heterocycles.